The van der Waals surface area contributed by atoms with Gasteiger partial charge in [0.05, 0.1) is 37.7 Å². The number of amides is 4. The van der Waals surface area contributed by atoms with Crippen LogP contribution in [-0.4, -0.2) is 101 Å². The number of alkyl carbamates (subject to hydrolysis) is 2. The number of nitrogens with one attached hydrogen (secondary N) is 3. The van der Waals surface area contributed by atoms with Crippen molar-refractivity contribution in [2.75, 3.05) is 27.4 Å². The molecule has 3 aromatic carbocycles. The van der Waals surface area contributed by atoms with Gasteiger partial charge in [-0.05, 0) is 78.3 Å². The molecule has 8 rings (SSSR count). The van der Waals surface area contributed by atoms with Crippen LogP contribution < -0.4 is 10.6 Å². The van der Waals surface area contributed by atoms with Crippen LogP contribution in [0.5, 0.6) is 0 Å². The zero-order valence-corrected chi connectivity index (χ0v) is 36.6. The number of benzene rings is 3. The molecule has 1 aliphatic carbocycles. The summed E-state index contributed by atoms with van der Waals surface area (Å²) in [6.45, 7) is 6.85. The lowest BCUT2D eigenvalue weighted by Gasteiger charge is -2.33. The first-order valence-electron chi connectivity index (χ1n) is 22.0. The third-order valence-corrected chi connectivity index (χ3v) is 12.7. The van der Waals surface area contributed by atoms with Gasteiger partial charge in [0.25, 0.3) is 5.91 Å². The smallest absolute Gasteiger partial charge is 0.408 e. The minimum atomic E-state index is -0.913. The van der Waals surface area contributed by atoms with E-state index in [1.807, 2.05) is 60.2 Å². The quantitative estimate of drug-likeness (QED) is 0.115. The van der Waals surface area contributed by atoms with Crippen molar-refractivity contribution >= 4 is 35.3 Å². The van der Waals surface area contributed by atoms with Crippen molar-refractivity contribution in [1.29, 1.82) is 0 Å². The fourth-order valence-electron chi connectivity index (χ4n) is 9.11. The van der Waals surface area contributed by atoms with Crippen molar-refractivity contribution in [3.05, 3.63) is 108 Å². The molecule has 6 atom stereocenters. The number of allylic oxidation sites excluding steroid dienone is 1. The van der Waals surface area contributed by atoms with Gasteiger partial charge in [-0.25, -0.2) is 14.6 Å². The lowest BCUT2D eigenvalue weighted by molar-refractivity contribution is -0.136. The minimum Gasteiger partial charge on any atom is -0.453 e. The fourth-order valence-corrected chi connectivity index (χ4v) is 9.11. The molecule has 14 heteroatoms. The highest BCUT2D eigenvalue weighted by atomic mass is 16.6. The van der Waals surface area contributed by atoms with E-state index in [-0.39, 0.29) is 47.9 Å². The number of likely N-dealkylation sites (tertiary alicyclic amines) is 2. The average molecular weight is 856 g/mol. The van der Waals surface area contributed by atoms with E-state index in [0.717, 1.165) is 64.9 Å². The zero-order valence-electron chi connectivity index (χ0n) is 36.6. The van der Waals surface area contributed by atoms with Crippen molar-refractivity contribution in [3.8, 4) is 22.4 Å². The first-order chi connectivity index (χ1) is 30.5. The molecule has 3 aliphatic heterocycles. The Kier molecular flexibility index (Phi) is 13.1. The van der Waals surface area contributed by atoms with Gasteiger partial charge in [-0.3, -0.25) is 14.6 Å². The van der Waals surface area contributed by atoms with Crippen molar-refractivity contribution < 1.29 is 33.4 Å². The van der Waals surface area contributed by atoms with Gasteiger partial charge < -0.3 is 39.6 Å². The summed E-state index contributed by atoms with van der Waals surface area (Å²) in [6.07, 6.45) is 7.10. The molecule has 2 saturated heterocycles. The standard InChI is InChI=1S/C49H57N7O7/c1-29(2)43(53-48(59)62-5)47(58)56-30(3)11-22-41(56)39-24-37(25-50-39)34-14-12-32(13-15-34)33-16-18-35(19-17-33)40-26-51-45(52-40)42-23-31(28-61-4)27-55(42)46(57)44(36-9-7-6-8-10-36)54-49(60)63-38-20-21-38/h6-10,12-19,25-26,29-31,38,41-44H,11,20-24,27-28H2,1-5H3,(H,51,52)(H,53,59)(H,54,60)/t30-,31-,41-,42-,43-,44+/m0/s1. The Labute approximate surface area is 368 Å². The van der Waals surface area contributed by atoms with Crippen LogP contribution in [0.15, 0.2) is 96.3 Å². The zero-order chi connectivity index (χ0) is 44.2. The summed E-state index contributed by atoms with van der Waals surface area (Å²) in [4.78, 5) is 70.0. The van der Waals surface area contributed by atoms with Gasteiger partial charge in [0.15, 0.2) is 0 Å². The number of imidazole rings is 1. The van der Waals surface area contributed by atoms with Crippen LogP contribution in [0.3, 0.4) is 0 Å². The summed E-state index contributed by atoms with van der Waals surface area (Å²) in [5, 5.41) is 5.59. The second-order valence-corrected chi connectivity index (χ2v) is 17.5. The number of methoxy groups -OCH3 is 2. The number of aromatic amines is 1. The minimum absolute atomic E-state index is 0.0326. The normalized spacial score (nSPS) is 21.7. The van der Waals surface area contributed by atoms with E-state index in [4.69, 9.17) is 24.2 Å². The number of hydrogen-bond donors (Lipinski definition) is 3. The van der Waals surface area contributed by atoms with Crippen LogP contribution in [0.25, 0.3) is 28.0 Å². The molecule has 14 nitrogen and oxygen atoms in total. The van der Waals surface area contributed by atoms with Gasteiger partial charge in [-0.2, -0.15) is 0 Å². The molecule has 3 fully saturated rings. The van der Waals surface area contributed by atoms with Gasteiger partial charge in [-0.15, -0.1) is 0 Å². The molecule has 4 amide bonds. The Balaban J connectivity index is 0.922. The Bertz CT molecular complexity index is 2340. The third-order valence-electron chi connectivity index (χ3n) is 12.7. The van der Waals surface area contributed by atoms with Gasteiger partial charge >= 0.3 is 12.2 Å². The van der Waals surface area contributed by atoms with Gasteiger partial charge in [0.2, 0.25) is 5.91 Å². The highest BCUT2D eigenvalue weighted by molar-refractivity contribution is 6.04. The maximum absolute atomic E-state index is 14.4. The summed E-state index contributed by atoms with van der Waals surface area (Å²) in [5.74, 6) is 0.332. The van der Waals surface area contributed by atoms with E-state index in [2.05, 4.69) is 71.1 Å². The molecule has 4 aliphatic rings. The van der Waals surface area contributed by atoms with Gasteiger partial charge in [0.1, 0.15) is 24.0 Å². The molecular formula is C49H57N7O7. The van der Waals surface area contributed by atoms with Crippen molar-refractivity contribution in [1.82, 2.24) is 30.4 Å². The lowest BCUT2D eigenvalue weighted by Crippen LogP contribution is -2.55. The predicted octanol–water partition coefficient (Wildman–Crippen LogP) is 7.86. The summed E-state index contributed by atoms with van der Waals surface area (Å²) in [6, 6.07) is 24.0. The highest BCUT2D eigenvalue weighted by Crippen LogP contribution is 2.38. The average Bonchev–Trinajstić information content (AvgIpc) is 3.70. The molecule has 1 aromatic heterocycles. The molecule has 1 saturated carbocycles. The molecule has 4 aromatic rings. The van der Waals surface area contributed by atoms with Crippen LogP contribution in [0, 0.1) is 11.8 Å². The molecule has 63 heavy (non-hydrogen) atoms. The topological polar surface area (TPSA) is 168 Å². The monoisotopic (exact) mass is 855 g/mol. The number of aromatic nitrogens is 2. The number of hydrogen-bond acceptors (Lipinski definition) is 9. The Morgan fingerprint density at radius 1 is 0.810 bits per heavy atom. The number of aliphatic imine (C=N–C) groups is 1. The number of H-pyrrole nitrogens is 1. The number of nitrogens with zero attached hydrogens (tertiary/aromatic N) is 4. The largest absolute Gasteiger partial charge is 0.453 e. The molecule has 330 valence electrons. The predicted molar refractivity (Wildman–Crippen MR) is 239 cm³/mol. The van der Waals surface area contributed by atoms with E-state index >= 15 is 0 Å². The molecule has 0 radical (unpaired) electrons. The molecular weight excluding hydrogens is 799 g/mol. The van der Waals surface area contributed by atoms with Crippen LogP contribution in [-0.2, 0) is 23.8 Å². The van der Waals surface area contributed by atoms with Crippen LogP contribution in [0.1, 0.15) is 88.3 Å². The summed E-state index contributed by atoms with van der Waals surface area (Å²) >= 11 is 0. The SMILES string of the molecule is COC[C@H]1C[C@@H](c2ncc(-c3ccc(-c4ccc(C5=CN=C([C@@H]6CC[C@H](C)N6C(=O)[C@@H](NC(=O)OC)C(C)C)C5)cc4)cc3)[nH]2)N(C(=O)[C@H](NC(=O)OC2CC2)c2ccccc2)C1. The molecule has 3 N–H and O–H groups in total. The van der Waals surface area contributed by atoms with Crippen molar-refractivity contribution in [3.63, 3.8) is 0 Å². The fraction of sp³-hybridized carbons (Fsp3) is 0.429. The molecule has 0 unspecified atom stereocenters. The summed E-state index contributed by atoms with van der Waals surface area (Å²) in [7, 11) is 2.97. The van der Waals surface area contributed by atoms with Gasteiger partial charge in [0, 0.05) is 43.9 Å². The third kappa shape index (κ3) is 9.70. The maximum atomic E-state index is 14.4. The Hall–Kier alpha value is -6.28. The Morgan fingerprint density at radius 2 is 1.49 bits per heavy atom. The Morgan fingerprint density at radius 3 is 2.14 bits per heavy atom. The van der Waals surface area contributed by atoms with E-state index < -0.39 is 24.3 Å². The van der Waals surface area contributed by atoms with Crippen LogP contribution in [0.2, 0.25) is 0 Å². The van der Waals surface area contributed by atoms with Crippen LogP contribution >= 0.6 is 0 Å². The highest BCUT2D eigenvalue weighted by Gasteiger charge is 2.43. The first-order valence-corrected chi connectivity index (χ1v) is 22.0. The van der Waals surface area contributed by atoms with E-state index in [1.54, 1.807) is 13.3 Å². The number of rotatable bonds is 14. The maximum Gasteiger partial charge on any atom is 0.408 e. The van der Waals surface area contributed by atoms with Gasteiger partial charge in [-0.1, -0.05) is 92.7 Å². The van der Waals surface area contributed by atoms with Crippen molar-refractivity contribution in [2.24, 2.45) is 16.8 Å². The first kappa shape index (κ1) is 43.4. The molecule has 4 heterocycles. The second-order valence-electron chi connectivity index (χ2n) is 17.5. The lowest BCUT2D eigenvalue weighted by atomic mass is 9.95. The van der Waals surface area contributed by atoms with Crippen molar-refractivity contribution in [2.45, 2.75) is 95.6 Å². The van der Waals surface area contributed by atoms with E-state index in [0.29, 0.717) is 37.4 Å². The second kappa shape index (κ2) is 19.0. The summed E-state index contributed by atoms with van der Waals surface area (Å²) < 4.78 is 15.8. The molecule has 0 bridgehead atoms. The number of carbonyl (C=O) groups is 4. The van der Waals surface area contributed by atoms with E-state index in [1.165, 1.54) is 7.11 Å². The van der Waals surface area contributed by atoms with Crippen LogP contribution in [0.4, 0.5) is 9.59 Å². The number of ether oxygens (including phenoxy) is 3. The molecule has 0 spiro atoms. The van der Waals surface area contributed by atoms with E-state index in [9.17, 15) is 19.2 Å². The number of carbonyl (C=O) groups excluding carboxylic acids is 4. The summed E-state index contributed by atoms with van der Waals surface area (Å²) in [5.41, 5.74) is 7.74.